The van der Waals surface area contributed by atoms with Gasteiger partial charge in [0, 0.05) is 29.4 Å². The first-order valence-electron chi connectivity index (χ1n) is 13.8. The maximum absolute atomic E-state index is 11.7. The monoisotopic (exact) mass is 568 g/mol. The van der Waals surface area contributed by atoms with Crippen LogP contribution < -0.4 is 9.47 Å². The number of carbonyl (C=O) groups is 2. The maximum atomic E-state index is 11.7. The Hall–Kier alpha value is -3.62. The summed E-state index contributed by atoms with van der Waals surface area (Å²) in [6.07, 6.45) is -1.55. The third-order valence-corrected chi connectivity index (χ3v) is 6.28. The van der Waals surface area contributed by atoms with E-state index in [1.54, 1.807) is 27.7 Å². The number of esters is 2. The van der Waals surface area contributed by atoms with E-state index in [-0.39, 0.29) is 5.41 Å². The van der Waals surface area contributed by atoms with Crippen LogP contribution >= 0.6 is 0 Å². The van der Waals surface area contributed by atoms with Crippen molar-refractivity contribution < 1.29 is 38.0 Å². The van der Waals surface area contributed by atoms with Gasteiger partial charge in [0.2, 0.25) is 25.2 Å². The van der Waals surface area contributed by atoms with Crippen molar-refractivity contribution in [2.75, 3.05) is 0 Å². The number of ether oxygens (including phenoxy) is 6. The van der Waals surface area contributed by atoms with Crippen LogP contribution in [-0.2, 0) is 34.0 Å². The first-order chi connectivity index (χ1) is 19.3. The number of benzene rings is 2. The van der Waals surface area contributed by atoms with Crippen LogP contribution in [0.5, 0.6) is 11.5 Å². The average Bonchev–Trinajstić information content (AvgIpc) is 2.92. The lowest BCUT2D eigenvalue weighted by Crippen LogP contribution is -2.28. The molecule has 224 valence electrons. The summed E-state index contributed by atoms with van der Waals surface area (Å²) in [4.78, 5) is 23.5. The third kappa shape index (κ3) is 10.4. The van der Waals surface area contributed by atoms with Gasteiger partial charge in [0.05, 0.1) is 0 Å². The van der Waals surface area contributed by atoms with Gasteiger partial charge in [-0.2, -0.15) is 0 Å². The van der Waals surface area contributed by atoms with Gasteiger partial charge < -0.3 is 28.4 Å². The summed E-state index contributed by atoms with van der Waals surface area (Å²) >= 11 is 0. The Morgan fingerprint density at radius 3 is 1.27 bits per heavy atom. The summed E-state index contributed by atoms with van der Waals surface area (Å²) in [5.74, 6) is 0.279. The number of rotatable bonds is 16. The molecule has 0 heterocycles. The molecule has 0 saturated heterocycles. The van der Waals surface area contributed by atoms with Crippen molar-refractivity contribution in [2.45, 2.75) is 98.8 Å². The van der Waals surface area contributed by atoms with Gasteiger partial charge in [0.1, 0.15) is 11.5 Å². The molecule has 0 aliphatic heterocycles. The molecule has 0 N–H and O–H groups in total. The summed E-state index contributed by atoms with van der Waals surface area (Å²) in [6.45, 7) is 21.8. The maximum Gasteiger partial charge on any atom is 0.335 e. The smallest absolute Gasteiger partial charge is 0.335 e. The van der Waals surface area contributed by atoms with E-state index in [0.29, 0.717) is 35.5 Å². The molecule has 0 saturated carbocycles. The molecule has 0 aliphatic rings. The van der Waals surface area contributed by atoms with Crippen LogP contribution in [0, 0.1) is 0 Å². The van der Waals surface area contributed by atoms with Crippen LogP contribution in [-0.4, -0.2) is 37.1 Å². The molecule has 0 fully saturated rings. The second-order valence-electron chi connectivity index (χ2n) is 10.4. The molecule has 0 spiro atoms. The SMILES string of the molecule is C=C(C)C(=O)OC(C)OC(CC)Oc1ccc(C(C)(C)c2ccc(OC(CC)OC(C)OC(=O)C(=C)C)cc2)cc1. The van der Waals surface area contributed by atoms with Crippen molar-refractivity contribution in [2.24, 2.45) is 0 Å². The van der Waals surface area contributed by atoms with Crippen molar-refractivity contribution in [3.05, 3.63) is 84.0 Å². The third-order valence-electron chi connectivity index (χ3n) is 6.28. The van der Waals surface area contributed by atoms with Crippen molar-refractivity contribution >= 4 is 11.9 Å². The zero-order chi connectivity index (χ0) is 30.7. The fourth-order valence-electron chi connectivity index (χ4n) is 3.77. The molecule has 41 heavy (non-hydrogen) atoms. The first-order valence-corrected chi connectivity index (χ1v) is 13.8. The van der Waals surface area contributed by atoms with Crippen LogP contribution in [0.1, 0.15) is 79.4 Å². The minimum absolute atomic E-state index is 0.297. The Morgan fingerprint density at radius 1 is 0.683 bits per heavy atom. The minimum Gasteiger partial charge on any atom is -0.465 e. The lowest BCUT2D eigenvalue weighted by molar-refractivity contribution is -0.211. The zero-order valence-electron chi connectivity index (χ0n) is 25.5. The van der Waals surface area contributed by atoms with Gasteiger partial charge in [-0.15, -0.1) is 0 Å². The molecular formula is C33H44O8. The van der Waals surface area contributed by atoms with Crippen LogP contribution in [0.4, 0.5) is 0 Å². The van der Waals surface area contributed by atoms with E-state index < -0.39 is 37.1 Å². The average molecular weight is 569 g/mol. The minimum atomic E-state index is -0.768. The van der Waals surface area contributed by atoms with Crippen molar-refractivity contribution in [1.29, 1.82) is 0 Å². The molecule has 0 radical (unpaired) electrons. The second kappa shape index (κ2) is 15.4. The summed E-state index contributed by atoms with van der Waals surface area (Å²) in [7, 11) is 0. The van der Waals surface area contributed by atoms with Crippen LogP contribution in [0.3, 0.4) is 0 Å². The van der Waals surface area contributed by atoms with Gasteiger partial charge in [0.15, 0.2) is 0 Å². The van der Waals surface area contributed by atoms with Crippen molar-refractivity contribution in [3.8, 4) is 11.5 Å². The topological polar surface area (TPSA) is 89.5 Å². The fraction of sp³-hybridized carbons (Fsp3) is 0.455. The highest BCUT2D eigenvalue weighted by Crippen LogP contribution is 2.34. The van der Waals surface area contributed by atoms with Crippen molar-refractivity contribution in [1.82, 2.24) is 0 Å². The molecular weight excluding hydrogens is 524 g/mol. The summed E-state index contributed by atoms with van der Waals surface area (Å²) < 4.78 is 33.8. The van der Waals surface area contributed by atoms with Gasteiger partial charge in [-0.05, 0) is 63.1 Å². The highest BCUT2D eigenvalue weighted by Gasteiger charge is 2.24. The number of hydrogen-bond donors (Lipinski definition) is 0. The fourth-order valence-corrected chi connectivity index (χ4v) is 3.77. The molecule has 2 rings (SSSR count). The largest absolute Gasteiger partial charge is 0.465 e. The first kappa shape index (κ1) is 33.6. The lowest BCUT2D eigenvalue weighted by atomic mass is 9.78. The molecule has 4 atom stereocenters. The quantitative estimate of drug-likeness (QED) is 0.119. The molecule has 2 aromatic carbocycles. The van der Waals surface area contributed by atoms with Gasteiger partial charge >= 0.3 is 11.9 Å². The standard InChI is InChI=1S/C33H44O8/c1-11-29(36-23(7)38-31(34)21(3)4)40-27-17-13-25(14-18-27)33(9,10)26-15-19-28(20-16-26)41-30(12-2)37-24(8)39-32(35)22(5)6/h13-20,23-24,29-30H,3,5,11-12H2,1-2,4,6-10H3. The summed E-state index contributed by atoms with van der Waals surface area (Å²) in [6, 6.07) is 15.7. The van der Waals surface area contributed by atoms with Gasteiger partial charge in [-0.25, -0.2) is 9.59 Å². The predicted octanol–water partition coefficient (Wildman–Crippen LogP) is 7.21. The Balaban J connectivity index is 2.01. The van der Waals surface area contributed by atoms with E-state index in [2.05, 4.69) is 27.0 Å². The van der Waals surface area contributed by atoms with Gasteiger partial charge in [0.25, 0.3) is 0 Å². The molecule has 2 aromatic rings. The van der Waals surface area contributed by atoms with Gasteiger partial charge in [-0.3, -0.25) is 0 Å². The lowest BCUT2D eigenvalue weighted by Gasteiger charge is -2.27. The number of carbonyl (C=O) groups excluding carboxylic acids is 2. The molecule has 8 nitrogen and oxygen atoms in total. The van der Waals surface area contributed by atoms with E-state index in [0.717, 1.165) is 11.1 Å². The summed E-state index contributed by atoms with van der Waals surface area (Å²) in [5.41, 5.74) is 2.51. The zero-order valence-corrected chi connectivity index (χ0v) is 25.5. The highest BCUT2D eigenvalue weighted by atomic mass is 16.8. The molecule has 0 aliphatic carbocycles. The van der Waals surface area contributed by atoms with Crippen LogP contribution in [0.2, 0.25) is 0 Å². The Morgan fingerprint density at radius 2 is 1.00 bits per heavy atom. The molecule has 0 bridgehead atoms. The van der Waals surface area contributed by atoms with Crippen LogP contribution in [0.15, 0.2) is 72.8 Å². The van der Waals surface area contributed by atoms with Gasteiger partial charge in [-0.1, -0.05) is 65.1 Å². The van der Waals surface area contributed by atoms with E-state index >= 15 is 0 Å². The van der Waals surface area contributed by atoms with E-state index in [9.17, 15) is 9.59 Å². The predicted molar refractivity (Wildman–Crippen MR) is 157 cm³/mol. The molecule has 0 amide bonds. The Kier molecular flexibility index (Phi) is 12.6. The van der Waals surface area contributed by atoms with E-state index in [1.165, 1.54) is 0 Å². The Bertz CT molecular complexity index is 1080. The Labute approximate surface area is 244 Å². The van der Waals surface area contributed by atoms with Crippen LogP contribution in [0.25, 0.3) is 0 Å². The van der Waals surface area contributed by atoms with Crippen molar-refractivity contribution in [3.63, 3.8) is 0 Å². The second-order valence-corrected chi connectivity index (χ2v) is 10.4. The summed E-state index contributed by atoms with van der Waals surface area (Å²) in [5, 5.41) is 0. The van der Waals surface area contributed by atoms with E-state index in [1.807, 2.05) is 62.4 Å². The molecule has 0 aromatic heterocycles. The normalized spacial score (nSPS) is 14.2. The van der Waals surface area contributed by atoms with E-state index in [4.69, 9.17) is 28.4 Å². The highest BCUT2D eigenvalue weighted by molar-refractivity contribution is 5.87. The molecule has 8 heteroatoms. The number of hydrogen-bond acceptors (Lipinski definition) is 8. The molecule has 4 unspecified atom stereocenters.